The van der Waals surface area contributed by atoms with Crippen LogP contribution in [0.3, 0.4) is 0 Å². The van der Waals surface area contributed by atoms with E-state index in [1.165, 1.54) is 4.90 Å². The number of carbonyl (C=O) groups excluding carboxylic acids is 3. The minimum atomic E-state index is -0.359. The van der Waals surface area contributed by atoms with Gasteiger partial charge in [-0.25, -0.2) is 4.79 Å². The van der Waals surface area contributed by atoms with Gasteiger partial charge in [0.25, 0.3) is 5.91 Å². The molecule has 1 aliphatic carbocycles. The third-order valence-electron chi connectivity index (χ3n) is 6.01. The van der Waals surface area contributed by atoms with Crippen LogP contribution in [0.15, 0.2) is 30.3 Å². The first-order chi connectivity index (χ1) is 12.1. The Bertz CT molecular complexity index is 746. The van der Waals surface area contributed by atoms with Crippen LogP contribution < -0.4 is 0 Å². The molecule has 4 fully saturated rings. The Balaban J connectivity index is 1.40. The van der Waals surface area contributed by atoms with Crippen LogP contribution in [0, 0.1) is 0 Å². The second-order valence-corrected chi connectivity index (χ2v) is 7.55. The molecule has 25 heavy (non-hydrogen) atoms. The highest BCUT2D eigenvalue weighted by Gasteiger charge is 2.55. The molecule has 3 heterocycles. The number of imide groups is 1. The Hall–Kier alpha value is -2.37. The van der Waals surface area contributed by atoms with Crippen LogP contribution >= 0.6 is 0 Å². The molecular weight excluding hydrogens is 318 g/mol. The molecule has 0 spiro atoms. The number of amides is 4. The van der Waals surface area contributed by atoms with E-state index in [1.54, 1.807) is 4.90 Å². The highest BCUT2D eigenvalue weighted by atomic mass is 16.2. The summed E-state index contributed by atoms with van der Waals surface area (Å²) in [5, 5.41) is 0. The number of benzene rings is 1. The molecule has 0 radical (unpaired) electrons. The van der Waals surface area contributed by atoms with Crippen LogP contribution in [0.25, 0.3) is 0 Å². The average Bonchev–Trinajstić information content (AvgIpc) is 3.16. The maximum atomic E-state index is 13.1. The summed E-state index contributed by atoms with van der Waals surface area (Å²) in [5.74, 6) is -0.0290. The topological polar surface area (TPSA) is 60.9 Å². The maximum Gasteiger partial charge on any atom is 0.328 e. The normalized spacial score (nSPS) is 32.1. The minimum Gasteiger partial charge on any atom is -0.338 e. The van der Waals surface area contributed by atoms with Gasteiger partial charge in [-0.15, -0.1) is 0 Å². The van der Waals surface area contributed by atoms with E-state index in [-0.39, 0.29) is 42.4 Å². The highest BCUT2D eigenvalue weighted by Crippen LogP contribution is 2.43. The van der Waals surface area contributed by atoms with Gasteiger partial charge in [-0.05, 0) is 31.2 Å². The monoisotopic (exact) mass is 339 g/mol. The van der Waals surface area contributed by atoms with Crippen molar-refractivity contribution in [2.75, 3.05) is 6.54 Å². The van der Waals surface area contributed by atoms with Gasteiger partial charge in [0.1, 0.15) is 6.04 Å². The molecule has 0 N–H and O–H groups in total. The lowest BCUT2D eigenvalue weighted by Gasteiger charge is -2.26. The number of rotatable bonds is 3. The van der Waals surface area contributed by atoms with Crippen LogP contribution in [0.5, 0.6) is 0 Å². The Morgan fingerprint density at radius 2 is 1.56 bits per heavy atom. The summed E-state index contributed by atoms with van der Waals surface area (Å²) < 4.78 is 0. The summed E-state index contributed by atoms with van der Waals surface area (Å²) >= 11 is 0. The van der Waals surface area contributed by atoms with Gasteiger partial charge in [0.05, 0.1) is 12.1 Å². The van der Waals surface area contributed by atoms with Gasteiger partial charge in [-0.2, -0.15) is 0 Å². The van der Waals surface area contributed by atoms with Crippen molar-refractivity contribution in [1.82, 2.24) is 14.7 Å². The smallest absolute Gasteiger partial charge is 0.328 e. The zero-order valence-corrected chi connectivity index (χ0v) is 14.0. The zero-order valence-electron chi connectivity index (χ0n) is 14.0. The van der Waals surface area contributed by atoms with Crippen molar-refractivity contribution in [2.45, 2.75) is 56.3 Å². The molecular formula is C19H21N3O3. The summed E-state index contributed by atoms with van der Waals surface area (Å²) in [6.07, 6.45) is 3.90. The molecule has 0 bridgehead atoms. The predicted octanol–water partition coefficient (Wildman–Crippen LogP) is 1.92. The van der Waals surface area contributed by atoms with Crippen molar-refractivity contribution in [3.05, 3.63) is 35.9 Å². The SMILES string of the molecule is O=C1C[C@@H](N2C(=O)[C@@H]3CC[C@@H](c4ccccc4)N3C2=O)CN1C1CC1. The van der Waals surface area contributed by atoms with E-state index in [2.05, 4.69) is 0 Å². The molecule has 1 aromatic rings. The van der Waals surface area contributed by atoms with Gasteiger partial charge in [-0.1, -0.05) is 30.3 Å². The van der Waals surface area contributed by atoms with Crippen LogP contribution in [0.4, 0.5) is 4.79 Å². The second-order valence-electron chi connectivity index (χ2n) is 7.55. The Kier molecular flexibility index (Phi) is 3.17. The lowest BCUT2D eigenvalue weighted by molar-refractivity contribution is -0.129. The molecule has 4 aliphatic rings. The average molecular weight is 339 g/mol. The zero-order chi connectivity index (χ0) is 17.1. The first-order valence-electron chi connectivity index (χ1n) is 9.15. The largest absolute Gasteiger partial charge is 0.338 e. The fourth-order valence-electron chi connectivity index (χ4n) is 4.66. The molecule has 3 atom stereocenters. The van der Waals surface area contributed by atoms with Crippen LogP contribution in [0.2, 0.25) is 0 Å². The number of likely N-dealkylation sites (tertiary alicyclic amines) is 1. The fourth-order valence-corrected chi connectivity index (χ4v) is 4.66. The fraction of sp³-hybridized carbons (Fsp3) is 0.526. The van der Waals surface area contributed by atoms with E-state index in [0.29, 0.717) is 19.0 Å². The van der Waals surface area contributed by atoms with Crippen molar-refractivity contribution in [3.63, 3.8) is 0 Å². The Labute approximate surface area is 146 Å². The molecule has 0 aromatic heterocycles. The van der Waals surface area contributed by atoms with Gasteiger partial charge in [-0.3, -0.25) is 14.5 Å². The molecule has 6 nitrogen and oxygen atoms in total. The first kappa shape index (κ1) is 14.9. The number of fused-ring (bicyclic) bond motifs is 1. The lowest BCUT2D eigenvalue weighted by atomic mass is 10.0. The van der Waals surface area contributed by atoms with Crippen molar-refractivity contribution < 1.29 is 14.4 Å². The second kappa shape index (κ2) is 5.31. The summed E-state index contributed by atoms with van der Waals surface area (Å²) in [7, 11) is 0. The molecule has 4 amide bonds. The van der Waals surface area contributed by atoms with Crippen LogP contribution in [-0.4, -0.2) is 57.2 Å². The van der Waals surface area contributed by atoms with E-state index < -0.39 is 0 Å². The standard InChI is InChI=1S/C19H21N3O3/c23-17-10-14(11-20(17)13-6-7-13)21-18(24)16-9-8-15(22(16)19(21)25)12-4-2-1-3-5-12/h1-5,13-16H,6-11H2/t14-,15+,16+/m1/s1. The summed E-state index contributed by atoms with van der Waals surface area (Å²) in [5.41, 5.74) is 1.08. The van der Waals surface area contributed by atoms with Crippen molar-refractivity contribution in [1.29, 1.82) is 0 Å². The third kappa shape index (κ3) is 2.19. The van der Waals surface area contributed by atoms with E-state index in [9.17, 15) is 14.4 Å². The van der Waals surface area contributed by atoms with Crippen LogP contribution in [0.1, 0.15) is 43.7 Å². The lowest BCUT2D eigenvalue weighted by Crippen LogP contribution is -2.43. The Morgan fingerprint density at radius 3 is 2.28 bits per heavy atom. The van der Waals surface area contributed by atoms with E-state index in [0.717, 1.165) is 24.8 Å². The van der Waals surface area contributed by atoms with Crippen molar-refractivity contribution in [3.8, 4) is 0 Å². The first-order valence-corrected chi connectivity index (χ1v) is 9.15. The molecule has 6 heteroatoms. The molecule has 1 saturated carbocycles. The van der Waals surface area contributed by atoms with Crippen LogP contribution in [-0.2, 0) is 9.59 Å². The minimum absolute atomic E-state index is 0.0377. The number of urea groups is 1. The van der Waals surface area contributed by atoms with Crippen molar-refractivity contribution in [2.24, 2.45) is 0 Å². The van der Waals surface area contributed by atoms with Gasteiger partial charge >= 0.3 is 6.03 Å². The summed E-state index contributed by atoms with van der Waals surface area (Å²) in [6.45, 7) is 0.511. The molecule has 3 aliphatic heterocycles. The predicted molar refractivity (Wildman–Crippen MR) is 89.4 cm³/mol. The third-order valence-corrected chi connectivity index (χ3v) is 6.01. The summed E-state index contributed by atoms with van der Waals surface area (Å²) in [6, 6.07) is 9.34. The molecule has 5 rings (SSSR count). The van der Waals surface area contributed by atoms with Gasteiger partial charge in [0.15, 0.2) is 0 Å². The van der Waals surface area contributed by atoms with E-state index >= 15 is 0 Å². The molecule has 3 saturated heterocycles. The van der Waals surface area contributed by atoms with Gasteiger partial charge in [0.2, 0.25) is 5.91 Å². The highest BCUT2D eigenvalue weighted by molar-refractivity contribution is 6.05. The maximum absolute atomic E-state index is 13.1. The molecule has 130 valence electrons. The quantitative estimate of drug-likeness (QED) is 0.791. The number of hydrogen-bond acceptors (Lipinski definition) is 3. The van der Waals surface area contributed by atoms with Gasteiger partial charge in [0, 0.05) is 19.0 Å². The molecule has 1 aromatic carbocycles. The number of nitrogens with zero attached hydrogens (tertiary/aromatic N) is 3. The van der Waals surface area contributed by atoms with E-state index in [4.69, 9.17) is 0 Å². The number of carbonyl (C=O) groups is 3. The van der Waals surface area contributed by atoms with Gasteiger partial charge < -0.3 is 9.80 Å². The van der Waals surface area contributed by atoms with Crippen molar-refractivity contribution >= 4 is 17.8 Å². The molecule has 0 unspecified atom stereocenters. The van der Waals surface area contributed by atoms with E-state index in [1.807, 2.05) is 35.2 Å². The Morgan fingerprint density at radius 1 is 0.840 bits per heavy atom. The summed E-state index contributed by atoms with van der Waals surface area (Å²) in [4.78, 5) is 43.2. The number of hydrogen-bond donors (Lipinski definition) is 0.